The first kappa shape index (κ1) is 20.6. The third-order valence-corrected chi connectivity index (χ3v) is 5.45. The molecule has 1 amide bonds. The van der Waals surface area contributed by atoms with Gasteiger partial charge in [-0.1, -0.05) is 60.7 Å². The molecule has 3 rings (SSSR count). The lowest BCUT2D eigenvalue weighted by atomic mass is 9.98. The van der Waals surface area contributed by atoms with Crippen molar-refractivity contribution < 1.29 is 17.9 Å². The molecule has 6 nitrogen and oxygen atoms in total. The summed E-state index contributed by atoms with van der Waals surface area (Å²) in [6, 6.07) is 23.0. The predicted octanol–water partition coefficient (Wildman–Crippen LogP) is 3.06. The number of nitrogens with one attached hydrogen (secondary N) is 1. The Kier molecular flexibility index (Phi) is 6.31. The predicted molar refractivity (Wildman–Crippen MR) is 111 cm³/mol. The van der Waals surface area contributed by atoms with Gasteiger partial charge in [-0.2, -0.15) is 0 Å². The van der Waals surface area contributed by atoms with Crippen LogP contribution in [0.25, 0.3) is 0 Å². The molecular weight excluding hydrogens is 388 g/mol. The second-order valence-electron chi connectivity index (χ2n) is 6.53. The van der Waals surface area contributed by atoms with E-state index in [1.54, 1.807) is 0 Å². The van der Waals surface area contributed by atoms with Gasteiger partial charge >= 0.3 is 0 Å². The highest BCUT2D eigenvalue weighted by Crippen LogP contribution is 2.24. The molecule has 0 radical (unpaired) electrons. The second kappa shape index (κ2) is 8.89. The normalized spacial score (nSPS) is 12.2. The van der Waals surface area contributed by atoms with E-state index in [0.29, 0.717) is 6.42 Å². The lowest BCUT2D eigenvalue weighted by Crippen LogP contribution is -2.30. The van der Waals surface area contributed by atoms with Gasteiger partial charge in [-0.25, -0.2) is 13.6 Å². The Morgan fingerprint density at radius 2 is 1.62 bits per heavy atom. The van der Waals surface area contributed by atoms with E-state index in [2.05, 4.69) is 5.32 Å². The van der Waals surface area contributed by atoms with Gasteiger partial charge < -0.3 is 10.1 Å². The summed E-state index contributed by atoms with van der Waals surface area (Å²) < 4.78 is 28.6. The van der Waals surface area contributed by atoms with Crippen molar-refractivity contribution in [3.63, 3.8) is 0 Å². The number of nitrogens with two attached hydrogens (primary N) is 1. The Morgan fingerprint density at radius 3 is 2.21 bits per heavy atom. The number of benzene rings is 3. The molecule has 150 valence electrons. The summed E-state index contributed by atoms with van der Waals surface area (Å²) in [6.45, 7) is 0. The second-order valence-corrected chi connectivity index (χ2v) is 8.09. The fourth-order valence-corrected chi connectivity index (χ4v) is 3.60. The van der Waals surface area contributed by atoms with Gasteiger partial charge in [0.1, 0.15) is 5.75 Å². The molecule has 0 aliphatic heterocycles. The van der Waals surface area contributed by atoms with Crippen molar-refractivity contribution in [3.05, 3.63) is 95.6 Å². The van der Waals surface area contributed by atoms with E-state index in [0.717, 1.165) is 11.1 Å². The molecule has 0 fully saturated rings. The lowest BCUT2D eigenvalue weighted by molar-refractivity contribution is 0.0933. The Balaban J connectivity index is 1.94. The van der Waals surface area contributed by atoms with Crippen LogP contribution in [0.15, 0.2) is 83.8 Å². The van der Waals surface area contributed by atoms with Gasteiger partial charge in [-0.3, -0.25) is 4.79 Å². The number of hydrogen-bond acceptors (Lipinski definition) is 4. The molecule has 0 spiro atoms. The van der Waals surface area contributed by atoms with E-state index in [1.807, 2.05) is 60.7 Å². The minimum absolute atomic E-state index is 0.105. The summed E-state index contributed by atoms with van der Waals surface area (Å²) in [5, 5.41) is 8.21. The Hall–Kier alpha value is -3.16. The molecule has 0 saturated carbocycles. The minimum atomic E-state index is -3.95. The molecule has 0 bridgehead atoms. The number of amides is 1. The molecule has 29 heavy (non-hydrogen) atoms. The number of methoxy groups -OCH3 is 1. The van der Waals surface area contributed by atoms with Crippen molar-refractivity contribution in [3.8, 4) is 5.75 Å². The largest absolute Gasteiger partial charge is 0.496 e. The number of sulfonamides is 1. The van der Waals surface area contributed by atoms with E-state index in [1.165, 1.54) is 25.3 Å². The standard InChI is InChI=1S/C22H22N2O4S/c1-28-21-13-12-18(29(23,26)27)15-19(21)22(25)24-20(17-10-6-3-7-11-17)14-16-8-4-2-5-9-16/h2-13,15,20H,14H2,1H3,(H,24,25)(H2,23,26,27)/t20-/m1/s1. The van der Waals surface area contributed by atoms with Gasteiger partial charge in [-0.15, -0.1) is 0 Å². The van der Waals surface area contributed by atoms with Crippen molar-refractivity contribution in [2.45, 2.75) is 17.4 Å². The van der Waals surface area contributed by atoms with E-state index in [-0.39, 0.29) is 22.3 Å². The molecule has 7 heteroatoms. The fourth-order valence-electron chi connectivity index (χ4n) is 3.06. The molecule has 0 heterocycles. The fraction of sp³-hybridized carbons (Fsp3) is 0.136. The number of ether oxygens (including phenoxy) is 1. The van der Waals surface area contributed by atoms with Gasteiger partial charge in [0.15, 0.2) is 0 Å². The summed E-state index contributed by atoms with van der Waals surface area (Å²) in [5.41, 5.74) is 2.10. The smallest absolute Gasteiger partial charge is 0.255 e. The highest BCUT2D eigenvalue weighted by atomic mass is 32.2. The molecule has 1 atom stereocenters. The Labute approximate surface area is 170 Å². The van der Waals surface area contributed by atoms with Gasteiger partial charge in [-0.05, 0) is 35.7 Å². The van der Waals surface area contributed by atoms with Crippen molar-refractivity contribution in [2.75, 3.05) is 7.11 Å². The molecule has 0 unspecified atom stereocenters. The molecule has 0 aliphatic rings. The zero-order valence-electron chi connectivity index (χ0n) is 15.9. The van der Waals surface area contributed by atoms with Crippen LogP contribution in [-0.4, -0.2) is 21.4 Å². The van der Waals surface area contributed by atoms with E-state index >= 15 is 0 Å². The molecular formula is C22H22N2O4S. The summed E-state index contributed by atoms with van der Waals surface area (Å²) in [6.07, 6.45) is 0.577. The first-order chi connectivity index (χ1) is 13.9. The maximum Gasteiger partial charge on any atom is 0.255 e. The van der Waals surface area contributed by atoms with E-state index < -0.39 is 15.9 Å². The Morgan fingerprint density at radius 1 is 1.00 bits per heavy atom. The Bertz CT molecular complexity index is 1080. The third kappa shape index (κ3) is 5.22. The summed E-state index contributed by atoms with van der Waals surface area (Å²) >= 11 is 0. The van der Waals surface area contributed by atoms with Gasteiger partial charge in [0.2, 0.25) is 10.0 Å². The van der Waals surface area contributed by atoms with Crippen LogP contribution in [0, 0.1) is 0 Å². The maximum absolute atomic E-state index is 13.1. The van der Waals surface area contributed by atoms with Gasteiger partial charge in [0.25, 0.3) is 5.91 Å². The first-order valence-electron chi connectivity index (χ1n) is 8.99. The number of carbonyl (C=O) groups is 1. The molecule has 3 aromatic rings. The molecule has 0 aromatic heterocycles. The molecule has 3 aromatic carbocycles. The van der Waals surface area contributed by atoms with Gasteiger partial charge in [0, 0.05) is 0 Å². The number of hydrogen-bond donors (Lipinski definition) is 2. The van der Waals surface area contributed by atoms with Crippen LogP contribution in [0.5, 0.6) is 5.75 Å². The van der Waals surface area contributed by atoms with Crippen LogP contribution in [0.2, 0.25) is 0 Å². The summed E-state index contributed by atoms with van der Waals surface area (Å²) in [4.78, 5) is 12.9. The average Bonchev–Trinajstić information content (AvgIpc) is 2.73. The highest BCUT2D eigenvalue weighted by molar-refractivity contribution is 7.89. The minimum Gasteiger partial charge on any atom is -0.496 e. The van der Waals surface area contributed by atoms with Crippen LogP contribution in [0.3, 0.4) is 0 Å². The van der Waals surface area contributed by atoms with Gasteiger partial charge in [0.05, 0.1) is 23.6 Å². The third-order valence-electron chi connectivity index (χ3n) is 4.53. The first-order valence-corrected chi connectivity index (χ1v) is 10.5. The number of carbonyl (C=O) groups excluding carboxylic acids is 1. The molecule has 0 saturated heterocycles. The van der Waals surface area contributed by atoms with E-state index in [9.17, 15) is 13.2 Å². The SMILES string of the molecule is COc1ccc(S(N)(=O)=O)cc1C(=O)N[C@H](Cc1ccccc1)c1ccccc1. The average molecular weight is 410 g/mol. The topological polar surface area (TPSA) is 98.5 Å². The molecule has 3 N–H and O–H groups in total. The number of primary sulfonamides is 1. The highest BCUT2D eigenvalue weighted by Gasteiger charge is 2.21. The van der Waals surface area contributed by atoms with Crippen LogP contribution < -0.4 is 15.2 Å². The van der Waals surface area contributed by atoms with Crippen LogP contribution in [-0.2, 0) is 16.4 Å². The van der Waals surface area contributed by atoms with Crippen LogP contribution >= 0.6 is 0 Å². The lowest BCUT2D eigenvalue weighted by Gasteiger charge is -2.20. The summed E-state index contributed by atoms with van der Waals surface area (Å²) in [7, 11) is -2.53. The van der Waals surface area contributed by atoms with Crippen molar-refractivity contribution in [1.29, 1.82) is 0 Å². The molecule has 0 aliphatic carbocycles. The summed E-state index contributed by atoms with van der Waals surface area (Å²) in [5.74, 6) is -0.182. The van der Waals surface area contributed by atoms with Crippen LogP contribution in [0.4, 0.5) is 0 Å². The zero-order valence-corrected chi connectivity index (χ0v) is 16.7. The van der Waals surface area contributed by atoms with E-state index in [4.69, 9.17) is 9.88 Å². The van der Waals surface area contributed by atoms with Crippen molar-refractivity contribution in [1.82, 2.24) is 5.32 Å². The van der Waals surface area contributed by atoms with Crippen LogP contribution in [0.1, 0.15) is 27.5 Å². The van der Waals surface area contributed by atoms with Crippen molar-refractivity contribution >= 4 is 15.9 Å². The quantitative estimate of drug-likeness (QED) is 0.625. The number of rotatable bonds is 7. The zero-order chi connectivity index (χ0) is 20.9. The van der Waals surface area contributed by atoms with Crippen molar-refractivity contribution in [2.24, 2.45) is 5.14 Å². The monoisotopic (exact) mass is 410 g/mol. The maximum atomic E-state index is 13.1.